The Bertz CT molecular complexity index is 1030. The van der Waals surface area contributed by atoms with E-state index in [1.807, 2.05) is 111 Å². The van der Waals surface area contributed by atoms with Gasteiger partial charge in [-0.15, -0.1) is 0 Å². The van der Waals surface area contributed by atoms with Crippen molar-refractivity contribution in [3.63, 3.8) is 0 Å². The maximum Gasteiger partial charge on any atom is 0.309 e. The zero-order valence-corrected chi connectivity index (χ0v) is 20.1. The standard InChI is InChI=1S/C30H34O4/c1-23(2)14-13-21-29(3,32)22-27(31)34-28(24-15-7-4-8-16-24)30(33,25-17-9-5-10-18-25)26-19-11-6-12-20-26/h4-12,14-20,28,32-33H,13,21-22H2,1-3H3/t28-,29?/m1/s1. The summed E-state index contributed by atoms with van der Waals surface area (Å²) in [5.74, 6) is -0.568. The number of carbonyl (C=O) groups excluding carboxylic acids is 1. The van der Waals surface area contributed by atoms with E-state index in [9.17, 15) is 15.0 Å². The van der Waals surface area contributed by atoms with E-state index >= 15 is 0 Å². The molecule has 0 aliphatic heterocycles. The molecule has 0 spiro atoms. The van der Waals surface area contributed by atoms with Crippen LogP contribution in [0, 0.1) is 0 Å². The molecule has 4 nitrogen and oxygen atoms in total. The van der Waals surface area contributed by atoms with Gasteiger partial charge in [0.25, 0.3) is 0 Å². The summed E-state index contributed by atoms with van der Waals surface area (Å²) in [5, 5.41) is 23.1. The minimum Gasteiger partial charge on any atom is -0.454 e. The van der Waals surface area contributed by atoms with Crippen LogP contribution in [0.25, 0.3) is 0 Å². The fraction of sp³-hybridized carbons (Fsp3) is 0.300. The first-order valence-electron chi connectivity index (χ1n) is 11.7. The maximum atomic E-state index is 13.1. The minimum absolute atomic E-state index is 0.174. The van der Waals surface area contributed by atoms with E-state index < -0.39 is 23.3 Å². The van der Waals surface area contributed by atoms with E-state index in [1.54, 1.807) is 6.92 Å². The average Bonchev–Trinajstić information content (AvgIpc) is 2.83. The molecule has 178 valence electrons. The molecule has 0 radical (unpaired) electrons. The highest BCUT2D eigenvalue weighted by molar-refractivity contribution is 5.71. The lowest BCUT2D eigenvalue weighted by Gasteiger charge is -2.37. The molecule has 2 N–H and O–H groups in total. The Hall–Kier alpha value is -3.21. The van der Waals surface area contributed by atoms with Crippen molar-refractivity contribution < 1.29 is 19.7 Å². The summed E-state index contributed by atoms with van der Waals surface area (Å²) in [6.45, 7) is 5.65. The predicted octanol–water partition coefficient (Wildman–Crippen LogP) is 6.09. The number of benzene rings is 3. The molecular formula is C30H34O4. The van der Waals surface area contributed by atoms with Crippen molar-refractivity contribution in [1.29, 1.82) is 0 Å². The molecule has 0 aromatic heterocycles. The van der Waals surface area contributed by atoms with E-state index in [0.717, 1.165) is 0 Å². The summed E-state index contributed by atoms with van der Waals surface area (Å²) in [5.41, 5.74) is 0.194. The second-order valence-electron chi connectivity index (χ2n) is 9.27. The van der Waals surface area contributed by atoms with Gasteiger partial charge in [-0.2, -0.15) is 0 Å². The predicted molar refractivity (Wildman–Crippen MR) is 135 cm³/mol. The molecule has 3 rings (SSSR count). The molecule has 0 amide bonds. The molecule has 0 aliphatic rings. The van der Waals surface area contributed by atoms with Gasteiger partial charge >= 0.3 is 5.97 Å². The van der Waals surface area contributed by atoms with Crippen molar-refractivity contribution >= 4 is 5.97 Å². The second kappa shape index (κ2) is 11.3. The summed E-state index contributed by atoms with van der Waals surface area (Å²) in [6.07, 6.45) is 1.95. The summed E-state index contributed by atoms with van der Waals surface area (Å²) < 4.78 is 6.01. The third-order valence-corrected chi connectivity index (χ3v) is 5.92. The number of carbonyl (C=O) groups is 1. The van der Waals surface area contributed by atoms with Crippen LogP contribution in [0.1, 0.15) is 62.8 Å². The molecule has 3 aromatic rings. The summed E-state index contributed by atoms with van der Waals surface area (Å²) in [4.78, 5) is 13.1. The number of hydrogen-bond acceptors (Lipinski definition) is 4. The number of allylic oxidation sites excluding steroid dienone is 2. The minimum atomic E-state index is -1.63. The van der Waals surface area contributed by atoms with Crippen LogP contribution in [0.3, 0.4) is 0 Å². The Morgan fingerprint density at radius 2 is 1.32 bits per heavy atom. The highest BCUT2D eigenvalue weighted by Gasteiger charge is 2.44. The van der Waals surface area contributed by atoms with Gasteiger partial charge in [0.1, 0.15) is 0 Å². The smallest absolute Gasteiger partial charge is 0.309 e. The summed E-state index contributed by atoms with van der Waals surface area (Å²) >= 11 is 0. The van der Waals surface area contributed by atoms with Crippen molar-refractivity contribution in [2.75, 3.05) is 0 Å². The number of hydrogen-bond donors (Lipinski definition) is 2. The van der Waals surface area contributed by atoms with Gasteiger partial charge in [-0.1, -0.05) is 103 Å². The van der Waals surface area contributed by atoms with Crippen LogP contribution < -0.4 is 0 Å². The van der Waals surface area contributed by atoms with Gasteiger partial charge in [-0.25, -0.2) is 0 Å². The van der Waals surface area contributed by atoms with Crippen molar-refractivity contribution in [3.05, 3.63) is 119 Å². The van der Waals surface area contributed by atoms with Gasteiger partial charge in [-0.3, -0.25) is 4.79 Å². The number of rotatable bonds is 10. The third kappa shape index (κ3) is 6.43. The van der Waals surface area contributed by atoms with Gasteiger partial charge in [0.2, 0.25) is 0 Å². The van der Waals surface area contributed by atoms with Gasteiger partial charge in [0.05, 0.1) is 12.0 Å². The SMILES string of the molecule is CC(C)=CCCC(C)(O)CC(=O)O[C@H](c1ccccc1)C(O)(c1ccccc1)c1ccccc1. The highest BCUT2D eigenvalue weighted by atomic mass is 16.6. The van der Waals surface area contributed by atoms with E-state index in [0.29, 0.717) is 29.5 Å². The Morgan fingerprint density at radius 3 is 1.79 bits per heavy atom. The molecule has 1 unspecified atom stereocenters. The van der Waals surface area contributed by atoms with Crippen molar-refractivity contribution in [3.8, 4) is 0 Å². The van der Waals surface area contributed by atoms with Crippen LogP contribution in [0.2, 0.25) is 0 Å². The van der Waals surface area contributed by atoms with E-state index in [2.05, 4.69) is 0 Å². The molecule has 0 heterocycles. The molecule has 34 heavy (non-hydrogen) atoms. The van der Waals surface area contributed by atoms with Crippen molar-refractivity contribution in [2.45, 2.75) is 57.3 Å². The van der Waals surface area contributed by atoms with Crippen LogP contribution in [-0.2, 0) is 15.1 Å². The lowest BCUT2D eigenvalue weighted by molar-refractivity contribution is -0.168. The molecule has 3 aromatic carbocycles. The first-order valence-corrected chi connectivity index (χ1v) is 11.7. The largest absolute Gasteiger partial charge is 0.454 e. The quantitative estimate of drug-likeness (QED) is 0.285. The molecule has 2 atom stereocenters. The van der Waals surface area contributed by atoms with Crippen molar-refractivity contribution in [2.24, 2.45) is 0 Å². The second-order valence-corrected chi connectivity index (χ2v) is 9.27. The third-order valence-electron chi connectivity index (χ3n) is 5.92. The van der Waals surface area contributed by atoms with E-state index in [-0.39, 0.29) is 6.42 Å². The molecule has 0 fully saturated rings. The number of aliphatic hydroxyl groups is 2. The maximum absolute atomic E-state index is 13.1. The van der Waals surface area contributed by atoms with E-state index in [1.165, 1.54) is 5.57 Å². The highest BCUT2D eigenvalue weighted by Crippen LogP contribution is 2.43. The topological polar surface area (TPSA) is 66.8 Å². The summed E-state index contributed by atoms with van der Waals surface area (Å²) in [7, 11) is 0. The molecule has 0 saturated heterocycles. The molecule has 4 heteroatoms. The van der Waals surface area contributed by atoms with Crippen LogP contribution in [-0.4, -0.2) is 21.8 Å². The Morgan fingerprint density at radius 1 is 0.853 bits per heavy atom. The van der Waals surface area contributed by atoms with Crippen molar-refractivity contribution in [1.82, 2.24) is 0 Å². The van der Waals surface area contributed by atoms with Crippen LogP contribution in [0.5, 0.6) is 0 Å². The monoisotopic (exact) mass is 458 g/mol. The Labute approximate surface area is 202 Å². The lowest BCUT2D eigenvalue weighted by Crippen LogP contribution is -2.39. The van der Waals surface area contributed by atoms with Gasteiger partial charge < -0.3 is 14.9 Å². The van der Waals surface area contributed by atoms with Crippen LogP contribution in [0.4, 0.5) is 0 Å². The zero-order chi connectivity index (χ0) is 24.6. The normalized spacial score (nSPS) is 14.0. The Kier molecular flexibility index (Phi) is 8.43. The van der Waals surface area contributed by atoms with Crippen LogP contribution in [0.15, 0.2) is 103 Å². The number of ether oxygens (including phenoxy) is 1. The molecular weight excluding hydrogens is 424 g/mol. The zero-order valence-electron chi connectivity index (χ0n) is 20.1. The van der Waals surface area contributed by atoms with Gasteiger partial charge in [-0.05, 0) is 50.3 Å². The molecule has 0 bridgehead atoms. The van der Waals surface area contributed by atoms with Crippen LogP contribution >= 0.6 is 0 Å². The van der Waals surface area contributed by atoms with Gasteiger partial charge in [0.15, 0.2) is 11.7 Å². The first kappa shape index (κ1) is 25.4. The van der Waals surface area contributed by atoms with E-state index in [4.69, 9.17) is 4.74 Å². The molecule has 0 saturated carbocycles. The Balaban J connectivity index is 1.98. The molecule has 0 aliphatic carbocycles. The number of esters is 1. The average molecular weight is 459 g/mol. The first-order chi connectivity index (χ1) is 16.2. The summed E-state index contributed by atoms with van der Waals surface area (Å²) in [6, 6.07) is 27.7. The fourth-order valence-electron chi connectivity index (χ4n) is 4.12. The fourth-order valence-corrected chi connectivity index (χ4v) is 4.12. The lowest BCUT2D eigenvalue weighted by atomic mass is 9.79. The van der Waals surface area contributed by atoms with Gasteiger partial charge in [0, 0.05) is 0 Å².